The molecular weight excluding hydrogens is 304 g/mol. The molecule has 124 valence electrons. The molecular formula is C19H20N2O3. The maximum atomic E-state index is 12.2. The monoisotopic (exact) mass is 324 g/mol. The number of benzene rings is 2. The predicted molar refractivity (Wildman–Crippen MR) is 94.1 cm³/mol. The number of rotatable bonds is 8. The minimum atomic E-state index is -0.703. The first-order valence-corrected chi connectivity index (χ1v) is 7.49. The highest BCUT2D eigenvalue weighted by Crippen LogP contribution is 2.16. The van der Waals surface area contributed by atoms with E-state index in [2.05, 4.69) is 17.1 Å². The van der Waals surface area contributed by atoms with Crippen LogP contribution in [-0.4, -0.2) is 25.8 Å². The third-order valence-electron chi connectivity index (χ3n) is 3.19. The van der Waals surface area contributed by atoms with Gasteiger partial charge in [-0.3, -0.25) is 4.79 Å². The van der Waals surface area contributed by atoms with Gasteiger partial charge in [0.25, 0.3) is 5.91 Å². The molecule has 0 aliphatic rings. The number of methoxy groups -OCH3 is 1. The molecule has 0 unspecified atom stereocenters. The fourth-order valence-corrected chi connectivity index (χ4v) is 2.09. The first-order valence-electron chi connectivity index (χ1n) is 7.49. The van der Waals surface area contributed by atoms with Gasteiger partial charge in [-0.25, -0.2) is 5.43 Å². The molecule has 5 nitrogen and oxygen atoms in total. The van der Waals surface area contributed by atoms with Gasteiger partial charge >= 0.3 is 0 Å². The summed E-state index contributed by atoms with van der Waals surface area (Å²) >= 11 is 0. The van der Waals surface area contributed by atoms with Crippen LogP contribution in [0.4, 0.5) is 0 Å². The normalized spacial score (nSPS) is 11.9. The van der Waals surface area contributed by atoms with E-state index in [1.165, 1.54) is 7.11 Å². The molecule has 1 N–H and O–H groups in total. The number of hydrogen-bond donors (Lipinski definition) is 1. The highest BCUT2D eigenvalue weighted by atomic mass is 16.5. The molecule has 2 aromatic rings. The van der Waals surface area contributed by atoms with Gasteiger partial charge in [0.2, 0.25) is 0 Å². The van der Waals surface area contributed by atoms with Gasteiger partial charge in [0.1, 0.15) is 12.4 Å². The number of carbonyl (C=O) groups excluding carboxylic acids is 1. The van der Waals surface area contributed by atoms with Gasteiger partial charge in [-0.05, 0) is 23.3 Å². The van der Waals surface area contributed by atoms with E-state index in [9.17, 15) is 4.79 Å². The zero-order valence-electron chi connectivity index (χ0n) is 13.5. The van der Waals surface area contributed by atoms with Crippen LogP contribution in [0.1, 0.15) is 17.2 Å². The Labute approximate surface area is 141 Å². The Kier molecular flexibility index (Phi) is 6.73. The molecule has 0 aliphatic carbocycles. The summed E-state index contributed by atoms with van der Waals surface area (Å²) in [5, 5.41) is 3.98. The van der Waals surface area contributed by atoms with Crippen LogP contribution >= 0.6 is 0 Å². The summed E-state index contributed by atoms with van der Waals surface area (Å²) < 4.78 is 10.7. The van der Waals surface area contributed by atoms with Gasteiger partial charge < -0.3 is 9.47 Å². The predicted octanol–water partition coefficient (Wildman–Crippen LogP) is 3.09. The molecule has 0 spiro atoms. The van der Waals surface area contributed by atoms with Crippen LogP contribution in [0.25, 0.3) is 0 Å². The van der Waals surface area contributed by atoms with Crippen molar-refractivity contribution in [1.29, 1.82) is 0 Å². The van der Waals surface area contributed by atoms with Crippen LogP contribution in [0.5, 0.6) is 5.75 Å². The van der Waals surface area contributed by atoms with Gasteiger partial charge in [-0.2, -0.15) is 5.10 Å². The van der Waals surface area contributed by atoms with E-state index in [0.29, 0.717) is 12.4 Å². The Balaban J connectivity index is 1.97. The number of hydrogen-bond acceptors (Lipinski definition) is 4. The molecule has 0 heterocycles. The molecule has 5 heteroatoms. The summed E-state index contributed by atoms with van der Waals surface area (Å²) in [6, 6.07) is 16.6. The van der Waals surface area contributed by atoms with Crippen LogP contribution in [0.3, 0.4) is 0 Å². The van der Waals surface area contributed by atoms with Crippen molar-refractivity contribution < 1.29 is 14.3 Å². The van der Waals surface area contributed by atoms with E-state index >= 15 is 0 Å². The minimum absolute atomic E-state index is 0.334. The van der Waals surface area contributed by atoms with Crippen LogP contribution < -0.4 is 10.2 Å². The Bertz CT molecular complexity index is 699. The van der Waals surface area contributed by atoms with Crippen molar-refractivity contribution in [3.8, 4) is 5.75 Å². The highest BCUT2D eigenvalue weighted by Gasteiger charge is 2.18. The first kappa shape index (κ1) is 17.4. The summed E-state index contributed by atoms with van der Waals surface area (Å²) in [5.74, 6) is 0.378. The van der Waals surface area contributed by atoms with E-state index in [1.54, 1.807) is 12.3 Å². The van der Waals surface area contributed by atoms with Crippen LogP contribution in [0, 0.1) is 0 Å². The molecule has 0 bridgehead atoms. The zero-order chi connectivity index (χ0) is 17.2. The topological polar surface area (TPSA) is 59.9 Å². The fraction of sp³-hybridized carbons (Fsp3) is 0.158. The van der Waals surface area contributed by atoms with Crippen molar-refractivity contribution in [1.82, 2.24) is 5.43 Å². The van der Waals surface area contributed by atoms with Crippen molar-refractivity contribution in [2.45, 2.75) is 6.10 Å². The van der Waals surface area contributed by atoms with E-state index in [1.807, 2.05) is 54.6 Å². The lowest BCUT2D eigenvalue weighted by Gasteiger charge is -2.13. The summed E-state index contributed by atoms with van der Waals surface area (Å²) in [7, 11) is 1.49. The smallest absolute Gasteiger partial charge is 0.273 e. The number of nitrogens with zero attached hydrogens (tertiary/aromatic N) is 1. The number of nitrogens with one attached hydrogen (secondary N) is 1. The lowest BCUT2D eigenvalue weighted by Crippen LogP contribution is -2.26. The van der Waals surface area contributed by atoms with Crippen molar-refractivity contribution in [3.05, 3.63) is 78.4 Å². The van der Waals surface area contributed by atoms with E-state index in [0.717, 1.165) is 11.1 Å². The highest BCUT2D eigenvalue weighted by molar-refractivity contribution is 5.85. The Morgan fingerprint density at radius 3 is 2.75 bits per heavy atom. The van der Waals surface area contributed by atoms with Gasteiger partial charge in [0.05, 0.1) is 6.21 Å². The molecule has 1 atom stereocenters. The first-order chi connectivity index (χ1) is 11.7. The van der Waals surface area contributed by atoms with Gasteiger partial charge in [0, 0.05) is 7.11 Å². The van der Waals surface area contributed by atoms with E-state index < -0.39 is 6.10 Å². The van der Waals surface area contributed by atoms with Gasteiger partial charge in [-0.1, -0.05) is 55.1 Å². The molecule has 0 saturated heterocycles. The van der Waals surface area contributed by atoms with E-state index in [-0.39, 0.29) is 5.91 Å². The van der Waals surface area contributed by atoms with Crippen LogP contribution in [0.2, 0.25) is 0 Å². The second-order valence-electron chi connectivity index (χ2n) is 4.93. The zero-order valence-corrected chi connectivity index (χ0v) is 13.5. The number of carbonyl (C=O) groups is 1. The lowest BCUT2D eigenvalue weighted by molar-refractivity contribution is -0.131. The number of amides is 1. The Morgan fingerprint density at radius 2 is 2.04 bits per heavy atom. The van der Waals surface area contributed by atoms with E-state index in [4.69, 9.17) is 9.47 Å². The third kappa shape index (κ3) is 5.07. The van der Waals surface area contributed by atoms with Crippen LogP contribution in [-0.2, 0) is 9.53 Å². The standard InChI is InChI=1S/C19H20N2O3/c1-3-12-24-17-11-7-8-15(13-17)14-20-21-19(22)18(23-2)16-9-5-4-6-10-16/h3-11,13-14,18H,1,12H2,2H3,(H,21,22)/b20-14-/t18-/m0/s1. The second kappa shape index (κ2) is 9.27. The Morgan fingerprint density at radius 1 is 1.25 bits per heavy atom. The molecule has 0 saturated carbocycles. The number of hydrazone groups is 1. The van der Waals surface area contributed by atoms with Gasteiger partial charge in [0.15, 0.2) is 6.10 Å². The summed E-state index contributed by atoms with van der Waals surface area (Å²) in [5.41, 5.74) is 4.07. The van der Waals surface area contributed by atoms with Crippen molar-refractivity contribution >= 4 is 12.1 Å². The molecule has 0 aliphatic heterocycles. The molecule has 2 rings (SSSR count). The maximum absolute atomic E-state index is 12.2. The third-order valence-corrected chi connectivity index (χ3v) is 3.19. The van der Waals surface area contributed by atoms with Crippen molar-refractivity contribution in [2.24, 2.45) is 5.10 Å². The summed E-state index contributed by atoms with van der Waals surface area (Å²) in [4.78, 5) is 12.2. The summed E-state index contributed by atoms with van der Waals surface area (Å²) in [6.45, 7) is 4.04. The fourth-order valence-electron chi connectivity index (χ4n) is 2.09. The molecule has 24 heavy (non-hydrogen) atoms. The minimum Gasteiger partial charge on any atom is -0.490 e. The van der Waals surface area contributed by atoms with Crippen molar-refractivity contribution in [3.63, 3.8) is 0 Å². The average molecular weight is 324 g/mol. The Hall–Kier alpha value is -2.92. The second-order valence-corrected chi connectivity index (χ2v) is 4.93. The largest absolute Gasteiger partial charge is 0.490 e. The molecule has 0 aromatic heterocycles. The maximum Gasteiger partial charge on any atom is 0.273 e. The molecule has 0 fully saturated rings. The average Bonchev–Trinajstić information content (AvgIpc) is 2.62. The van der Waals surface area contributed by atoms with Gasteiger partial charge in [-0.15, -0.1) is 0 Å². The molecule has 1 amide bonds. The quantitative estimate of drug-likeness (QED) is 0.461. The van der Waals surface area contributed by atoms with Crippen molar-refractivity contribution in [2.75, 3.05) is 13.7 Å². The SMILES string of the molecule is C=CCOc1cccc(/C=N\NC(=O)[C@@H](OC)c2ccccc2)c1. The molecule has 2 aromatic carbocycles. The van der Waals surface area contributed by atoms with Crippen LogP contribution in [0.15, 0.2) is 72.4 Å². The lowest BCUT2D eigenvalue weighted by atomic mass is 10.1. The molecule has 0 radical (unpaired) electrons. The number of ether oxygens (including phenoxy) is 2. The summed E-state index contributed by atoms with van der Waals surface area (Å²) in [6.07, 6.45) is 2.52.